The van der Waals surface area contributed by atoms with Crippen LogP contribution in [0.1, 0.15) is 35.6 Å². The van der Waals surface area contributed by atoms with E-state index in [9.17, 15) is 9.18 Å². The number of hydrogen-bond acceptors (Lipinski definition) is 3. The molecule has 0 atom stereocenters. The molecular weight excluding hydrogens is 295 g/mol. The summed E-state index contributed by atoms with van der Waals surface area (Å²) in [6.45, 7) is 5.90. The summed E-state index contributed by atoms with van der Waals surface area (Å²) in [7, 11) is 0. The van der Waals surface area contributed by atoms with Crippen LogP contribution in [0.2, 0.25) is 5.02 Å². The lowest BCUT2D eigenvalue weighted by molar-refractivity contribution is 0.101. The number of hydrogen-bond donors (Lipinski definition) is 0. The van der Waals surface area contributed by atoms with E-state index in [2.05, 4.69) is 5.10 Å². The molecule has 6 heteroatoms. The van der Waals surface area contributed by atoms with Crippen LogP contribution in [0.3, 0.4) is 0 Å². The molecule has 112 valence electrons. The smallest absolute Gasteiger partial charge is 0.165 e. The summed E-state index contributed by atoms with van der Waals surface area (Å²) < 4.78 is 21.1. The molecule has 0 spiro atoms. The first-order valence-electron chi connectivity index (χ1n) is 6.59. The lowest BCUT2D eigenvalue weighted by atomic mass is 10.1. The number of Topliss-reactive ketones (excluding diaryl/α,β-unsaturated/α-hetero) is 1. The van der Waals surface area contributed by atoms with Crippen LogP contribution in [-0.2, 0) is 13.2 Å². The van der Waals surface area contributed by atoms with Gasteiger partial charge in [-0.15, -0.1) is 0 Å². The van der Waals surface area contributed by atoms with Gasteiger partial charge in [0.2, 0.25) is 0 Å². The lowest BCUT2D eigenvalue weighted by Crippen LogP contribution is -2.07. The second kappa shape index (κ2) is 6.26. The van der Waals surface area contributed by atoms with E-state index in [-0.39, 0.29) is 18.1 Å². The topological polar surface area (TPSA) is 44.1 Å². The van der Waals surface area contributed by atoms with Gasteiger partial charge in [0, 0.05) is 12.1 Å². The summed E-state index contributed by atoms with van der Waals surface area (Å²) >= 11 is 6.16. The zero-order valence-electron chi connectivity index (χ0n) is 12.1. The van der Waals surface area contributed by atoms with Crippen molar-refractivity contribution >= 4 is 17.4 Å². The molecule has 1 aromatic heterocycles. The van der Waals surface area contributed by atoms with Gasteiger partial charge in [-0.25, -0.2) is 4.39 Å². The number of ether oxygens (including phenoxy) is 1. The van der Waals surface area contributed by atoms with Crippen LogP contribution in [0.15, 0.2) is 18.2 Å². The third kappa shape index (κ3) is 3.24. The van der Waals surface area contributed by atoms with Crippen molar-refractivity contribution < 1.29 is 13.9 Å². The molecule has 1 aromatic carbocycles. The SMILES string of the molecule is CCn1nc(C)c(Cl)c1COc1ccc(C(C)=O)cc1F. The van der Waals surface area contributed by atoms with E-state index in [1.54, 1.807) is 11.6 Å². The normalized spacial score (nSPS) is 10.7. The van der Waals surface area contributed by atoms with Gasteiger partial charge < -0.3 is 4.74 Å². The largest absolute Gasteiger partial charge is 0.484 e. The lowest BCUT2D eigenvalue weighted by Gasteiger charge is -2.09. The standard InChI is InChI=1S/C15H16ClFN2O2/c1-4-19-13(15(16)9(2)18-19)8-21-14-6-5-11(10(3)20)7-12(14)17/h5-7H,4,8H2,1-3H3. The van der Waals surface area contributed by atoms with Crippen molar-refractivity contribution in [2.24, 2.45) is 0 Å². The molecule has 0 aliphatic carbocycles. The van der Waals surface area contributed by atoms with E-state index in [1.165, 1.54) is 25.1 Å². The van der Waals surface area contributed by atoms with Crippen molar-refractivity contribution in [3.63, 3.8) is 0 Å². The third-order valence-corrected chi connectivity index (χ3v) is 3.65. The van der Waals surface area contributed by atoms with Crippen molar-refractivity contribution in [2.75, 3.05) is 0 Å². The second-order valence-corrected chi connectivity index (χ2v) is 5.03. The molecule has 0 bridgehead atoms. The van der Waals surface area contributed by atoms with Crippen LogP contribution < -0.4 is 4.74 Å². The fourth-order valence-electron chi connectivity index (χ4n) is 1.99. The highest BCUT2D eigenvalue weighted by atomic mass is 35.5. The Bertz CT molecular complexity index is 683. The Hall–Kier alpha value is -1.88. The van der Waals surface area contributed by atoms with Crippen molar-refractivity contribution in [3.05, 3.63) is 46.0 Å². The molecule has 1 heterocycles. The molecule has 0 radical (unpaired) electrons. The molecule has 0 saturated heterocycles. The summed E-state index contributed by atoms with van der Waals surface area (Å²) in [5.41, 5.74) is 1.73. The summed E-state index contributed by atoms with van der Waals surface area (Å²) in [6, 6.07) is 4.14. The van der Waals surface area contributed by atoms with E-state index in [1.807, 2.05) is 6.92 Å². The number of halogens is 2. The number of benzene rings is 1. The van der Waals surface area contributed by atoms with Gasteiger partial charge in [-0.2, -0.15) is 5.10 Å². The minimum atomic E-state index is -0.571. The molecule has 4 nitrogen and oxygen atoms in total. The average Bonchev–Trinajstić information content (AvgIpc) is 2.72. The predicted octanol–water partition coefficient (Wildman–Crippen LogP) is 3.79. The minimum absolute atomic E-state index is 0.0811. The first kappa shape index (κ1) is 15.5. The van der Waals surface area contributed by atoms with Crippen LogP contribution >= 0.6 is 11.6 Å². The predicted molar refractivity (Wildman–Crippen MR) is 78.4 cm³/mol. The maximum absolute atomic E-state index is 13.9. The Morgan fingerprint density at radius 2 is 2.19 bits per heavy atom. The number of carbonyl (C=O) groups is 1. The summed E-state index contributed by atoms with van der Waals surface area (Å²) in [4.78, 5) is 11.2. The molecule has 0 aliphatic rings. The third-order valence-electron chi connectivity index (χ3n) is 3.16. The summed E-state index contributed by atoms with van der Waals surface area (Å²) in [6.07, 6.45) is 0. The first-order valence-corrected chi connectivity index (χ1v) is 6.96. The van der Waals surface area contributed by atoms with Crippen LogP contribution in [-0.4, -0.2) is 15.6 Å². The Morgan fingerprint density at radius 3 is 2.76 bits per heavy atom. The van der Waals surface area contributed by atoms with Gasteiger partial charge in [0.15, 0.2) is 17.3 Å². The Balaban J connectivity index is 2.19. The quantitative estimate of drug-likeness (QED) is 0.789. The van der Waals surface area contributed by atoms with E-state index >= 15 is 0 Å². The highest BCUT2D eigenvalue weighted by Gasteiger charge is 2.14. The van der Waals surface area contributed by atoms with Gasteiger partial charge in [-0.05, 0) is 39.0 Å². The van der Waals surface area contributed by atoms with E-state index in [0.717, 1.165) is 0 Å². The van der Waals surface area contributed by atoms with Crippen molar-refractivity contribution in [3.8, 4) is 5.75 Å². The van der Waals surface area contributed by atoms with E-state index in [4.69, 9.17) is 16.3 Å². The van der Waals surface area contributed by atoms with Crippen LogP contribution in [0.4, 0.5) is 4.39 Å². The Labute approximate surface area is 127 Å². The maximum atomic E-state index is 13.9. The van der Waals surface area contributed by atoms with Gasteiger partial charge in [0.05, 0.1) is 16.4 Å². The Morgan fingerprint density at radius 1 is 1.48 bits per heavy atom. The van der Waals surface area contributed by atoms with Gasteiger partial charge >= 0.3 is 0 Å². The first-order chi connectivity index (χ1) is 9.93. The molecule has 2 aromatic rings. The van der Waals surface area contributed by atoms with Crippen molar-refractivity contribution in [2.45, 2.75) is 33.9 Å². The second-order valence-electron chi connectivity index (χ2n) is 4.65. The molecule has 2 rings (SSSR count). The van der Waals surface area contributed by atoms with Crippen molar-refractivity contribution in [1.82, 2.24) is 9.78 Å². The molecule has 0 fully saturated rings. The number of aromatic nitrogens is 2. The highest BCUT2D eigenvalue weighted by molar-refractivity contribution is 6.31. The zero-order chi connectivity index (χ0) is 15.6. The van der Waals surface area contributed by atoms with Gasteiger partial charge in [0.1, 0.15) is 6.61 Å². The zero-order valence-corrected chi connectivity index (χ0v) is 12.9. The van der Waals surface area contributed by atoms with Gasteiger partial charge in [0.25, 0.3) is 0 Å². The van der Waals surface area contributed by atoms with Crippen LogP contribution in [0.25, 0.3) is 0 Å². The Kier molecular flexibility index (Phi) is 4.63. The number of nitrogens with zero attached hydrogens (tertiary/aromatic N) is 2. The molecular formula is C15H16ClFN2O2. The molecule has 0 amide bonds. The minimum Gasteiger partial charge on any atom is -0.484 e. The molecule has 0 N–H and O–H groups in total. The maximum Gasteiger partial charge on any atom is 0.165 e. The summed E-state index contributed by atoms with van der Waals surface area (Å²) in [5.74, 6) is -0.682. The van der Waals surface area contributed by atoms with Crippen molar-refractivity contribution in [1.29, 1.82) is 0 Å². The van der Waals surface area contributed by atoms with Gasteiger partial charge in [-0.3, -0.25) is 9.48 Å². The van der Waals surface area contributed by atoms with E-state index < -0.39 is 5.82 Å². The number of carbonyl (C=O) groups excluding carboxylic acids is 1. The van der Waals surface area contributed by atoms with Crippen LogP contribution in [0, 0.1) is 12.7 Å². The van der Waals surface area contributed by atoms with E-state index in [0.29, 0.717) is 28.5 Å². The highest BCUT2D eigenvalue weighted by Crippen LogP contribution is 2.24. The molecule has 21 heavy (non-hydrogen) atoms. The average molecular weight is 311 g/mol. The number of rotatable bonds is 5. The molecule has 0 aliphatic heterocycles. The van der Waals surface area contributed by atoms with Crippen LogP contribution in [0.5, 0.6) is 5.75 Å². The summed E-state index contributed by atoms with van der Waals surface area (Å²) in [5, 5.41) is 4.79. The molecule has 0 saturated carbocycles. The monoisotopic (exact) mass is 310 g/mol. The van der Waals surface area contributed by atoms with Gasteiger partial charge in [-0.1, -0.05) is 11.6 Å². The molecule has 0 unspecified atom stereocenters. The number of ketones is 1. The fourth-order valence-corrected chi connectivity index (χ4v) is 2.18. The fraction of sp³-hybridized carbons (Fsp3) is 0.333. The number of aryl methyl sites for hydroxylation is 2.